The molecule has 0 spiro atoms. The maximum atomic E-state index is 13.0. The van der Waals surface area contributed by atoms with Crippen molar-refractivity contribution in [2.24, 2.45) is 0 Å². The zero-order valence-corrected chi connectivity index (χ0v) is 16.1. The number of nitrogens with zero attached hydrogens (tertiary/aromatic N) is 1. The Kier molecular flexibility index (Phi) is 5.83. The second-order valence-electron chi connectivity index (χ2n) is 6.28. The summed E-state index contributed by atoms with van der Waals surface area (Å²) in [5, 5.41) is 0.648. The average molecular weight is 386 g/mol. The zero-order valence-electron chi connectivity index (χ0n) is 14.6. The van der Waals surface area contributed by atoms with E-state index in [0.29, 0.717) is 16.5 Å². The van der Waals surface area contributed by atoms with Crippen molar-refractivity contribution in [1.82, 2.24) is 4.31 Å². The Labute approximate surface area is 160 Å². The number of halogens is 1. The summed E-state index contributed by atoms with van der Waals surface area (Å²) in [7, 11) is -3.58. The van der Waals surface area contributed by atoms with Gasteiger partial charge in [-0.2, -0.15) is 4.31 Å². The van der Waals surface area contributed by atoms with E-state index in [2.05, 4.69) is 11.8 Å². The quantitative estimate of drug-likeness (QED) is 0.564. The lowest BCUT2D eigenvalue weighted by Crippen LogP contribution is -2.31. The van der Waals surface area contributed by atoms with Crippen LogP contribution in [-0.2, 0) is 10.0 Å². The Morgan fingerprint density at radius 2 is 1.73 bits per heavy atom. The fourth-order valence-corrected chi connectivity index (χ4v) is 3.79. The minimum atomic E-state index is -3.58. The van der Waals surface area contributed by atoms with Gasteiger partial charge in [-0.25, -0.2) is 8.42 Å². The van der Waals surface area contributed by atoms with Gasteiger partial charge in [0.15, 0.2) is 0 Å². The number of rotatable bonds is 5. The summed E-state index contributed by atoms with van der Waals surface area (Å²) in [4.78, 5) is 0.297. The molecule has 0 bridgehead atoms. The van der Waals surface area contributed by atoms with Crippen molar-refractivity contribution >= 4 is 21.6 Å². The summed E-state index contributed by atoms with van der Waals surface area (Å²) in [6.45, 7) is 2.42. The lowest BCUT2D eigenvalue weighted by molar-refractivity contribution is 0.478. The number of hydrogen-bond donors (Lipinski definition) is 0. The maximum Gasteiger partial charge on any atom is 0.244 e. The average Bonchev–Trinajstić information content (AvgIpc) is 3.44. The molecule has 0 atom stereocenters. The third-order valence-corrected chi connectivity index (χ3v) is 6.19. The molecule has 0 heterocycles. The van der Waals surface area contributed by atoms with Gasteiger partial charge < -0.3 is 0 Å². The molecule has 26 heavy (non-hydrogen) atoms. The van der Waals surface area contributed by atoms with Crippen molar-refractivity contribution < 1.29 is 8.42 Å². The molecule has 0 amide bonds. The van der Waals surface area contributed by atoms with Gasteiger partial charge >= 0.3 is 0 Å². The zero-order chi connectivity index (χ0) is 18.6. The lowest BCUT2D eigenvalue weighted by Gasteiger charge is -2.18. The Balaban J connectivity index is 1.81. The second kappa shape index (κ2) is 8.09. The standard InChI is InChI=1S/C21H20ClNO2S/c1-17-4-12-21(13-5-17)26(24,25)23(16-14-19-6-7-19)15-2-3-18-8-10-20(22)11-9-18/h4-5,8-14H,6-7,15-16H2,1H3. The first-order chi connectivity index (χ1) is 12.4. The molecule has 1 fully saturated rings. The highest BCUT2D eigenvalue weighted by molar-refractivity contribution is 7.89. The Morgan fingerprint density at radius 1 is 1.08 bits per heavy atom. The van der Waals surface area contributed by atoms with E-state index in [9.17, 15) is 8.42 Å². The monoisotopic (exact) mass is 385 g/mol. The van der Waals surface area contributed by atoms with Crippen LogP contribution in [0.4, 0.5) is 0 Å². The molecular weight excluding hydrogens is 366 g/mol. The van der Waals surface area contributed by atoms with Crippen LogP contribution < -0.4 is 0 Å². The summed E-state index contributed by atoms with van der Waals surface area (Å²) < 4.78 is 27.4. The number of sulfonamides is 1. The summed E-state index contributed by atoms with van der Waals surface area (Å²) in [6.07, 6.45) is 4.12. The van der Waals surface area contributed by atoms with Crippen LogP contribution in [-0.4, -0.2) is 25.8 Å². The highest BCUT2D eigenvalue weighted by Crippen LogP contribution is 2.27. The van der Waals surface area contributed by atoms with Gasteiger partial charge in [0.25, 0.3) is 0 Å². The van der Waals surface area contributed by atoms with Gasteiger partial charge in [0.2, 0.25) is 10.0 Å². The molecule has 134 valence electrons. The van der Waals surface area contributed by atoms with Gasteiger partial charge in [-0.1, -0.05) is 52.8 Å². The molecule has 0 unspecified atom stereocenters. The maximum absolute atomic E-state index is 13.0. The third kappa shape index (κ3) is 4.98. The van der Waals surface area contributed by atoms with Crippen LogP contribution in [0.3, 0.4) is 0 Å². The van der Waals surface area contributed by atoms with Crippen molar-refractivity contribution in [3.63, 3.8) is 0 Å². The van der Waals surface area contributed by atoms with Crippen molar-refractivity contribution in [2.75, 3.05) is 13.1 Å². The molecule has 0 aliphatic heterocycles. The largest absolute Gasteiger partial charge is 0.244 e. The number of aryl methyl sites for hydroxylation is 1. The number of allylic oxidation sites excluding steroid dienone is 1. The molecule has 3 nitrogen and oxygen atoms in total. The van der Waals surface area contributed by atoms with Crippen LogP contribution in [0, 0.1) is 18.8 Å². The van der Waals surface area contributed by atoms with E-state index >= 15 is 0 Å². The highest BCUT2D eigenvalue weighted by Gasteiger charge is 2.23. The van der Waals surface area contributed by atoms with Gasteiger partial charge in [-0.3, -0.25) is 0 Å². The smallest absolute Gasteiger partial charge is 0.207 e. The molecule has 3 rings (SSSR count). The lowest BCUT2D eigenvalue weighted by atomic mass is 10.2. The summed E-state index contributed by atoms with van der Waals surface area (Å²) in [5.74, 6) is 5.98. The van der Waals surface area contributed by atoms with Crippen molar-refractivity contribution in [3.8, 4) is 11.8 Å². The molecule has 1 saturated carbocycles. The number of benzene rings is 2. The molecular formula is C21H20ClNO2S. The molecule has 0 aromatic heterocycles. The fraction of sp³-hybridized carbons (Fsp3) is 0.238. The number of hydrogen-bond acceptors (Lipinski definition) is 2. The van der Waals surface area contributed by atoms with E-state index in [4.69, 9.17) is 11.6 Å². The van der Waals surface area contributed by atoms with E-state index in [0.717, 1.165) is 24.0 Å². The second-order valence-corrected chi connectivity index (χ2v) is 8.66. The molecule has 2 aromatic carbocycles. The molecule has 5 heteroatoms. The molecule has 0 radical (unpaired) electrons. The highest BCUT2D eigenvalue weighted by atomic mass is 35.5. The third-order valence-electron chi connectivity index (χ3n) is 4.11. The van der Waals surface area contributed by atoms with Crippen molar-refractivity contribution in [1.29, 1.82) is 0 Å². The van der Waals surface area contributed by atoms with Gasteiger partial charge in [-0.05, 0) is 56.2 Å². The van der Waals surface area contributed by atoms with Gasteiger partial charge in [0.1, 0.15) is 0 Å². The SMILES string of the molecule is Cc1ccc(S(=O)(=O)N(CC#Cc2ccc(Cl)cc2)CC=C2CC2)cc1. The minimum absolute atomic E-state index is 0.141. The van der Waals surface area contributed by atoms with Crippen LogP contribution >= 0.6 is 11.6 Å². The molecule has 0 saturated heterocycles. The topological polar surface area (TPSA) is 37.4 Å². The Morgan fingerprint density at radius 3 is 2.35 bits per heavy atom. The van der Waals surface area contributed by atoms with Gasteiger partial charge in [-0.15, -0.1) is 0 Å². The Hall–Kier alpha value is -2.06. The van der Waals surface area contributed by atoms with E-state index < -0.39 is 10.0 Å². The van der Waals surface area contributed by atoms with Crippen LogP contribution in [0.25, 0.3) is 0 Å². The molecule has 1 aliphatic carbocycles. The van der Waals surface area contributed by atoms with E-state index in [1.165, 1.54) is 9.88 Å². The predicted octanol–water partition coefficient (Wildman–Crippen LogP) is 4.41. The first kappa shape index (κ1) is 18.7. The minimum Gasteiger partial charge on any atom is -0.207 e. The van der Waals surface area contributed by atoms with Crippen LogP contribution in [0.15, 0.2) is 65.1 Å². The van der Waals surface area contributed by atoms with E-state index in [1.807, 2.05) is 37.3 Å². The molecule has 2 aromatic rings. The molecule has 1 aliphatic rings. The van der Waals surface area contributed by atoms with Crippen molar-refractivity contribution in [3.05, 3.63) is 76.3 Å². The fourth-order valence-electron chi connectivity index (χ4n) is 2.38. The normalized spacial score (nSPS) is 13.3. The Bertz CT molecular complexity index is 959. The predicted molar refractivity (Wildman–Crippen MR) is 106 cm³/mol. The summed E-state index contributed by atoms with van der Waals surface area (Å²) in [5.41, 5.74) is 3.14. The van der Waals surface area contributed by atoms with Crippen LogP contribution in [0.5, 0.6) is 0 Å². The van der Waals surface area contributed by atoms with Crippen LogP contribution in [0.2, 0.25) is 5.02 Å². The first-order valence-electron chi connectivity index (χ1n) is 8.44. The van der Waals surface area contributed by atoms with E-state index in [1.54, 1.807) is 24.3 Å². The molecule has 0 N–H and O–H groups in total. The first-order valence-corrected chi connectivity index (χ1v) is 10.3. The van der Waals surface area contributed by atoms with E-state index in [-0.39, 0.29) is 6.54 Å². The van der Waals surface area contributed by atoms with Crippen molar-refractivity contribution in [2.45, 2.75) is 24.7 Å². The van der Waals surface area contributed by atoms with Gasteiger partial charge in [0.05, 0.1) is 11.4 Å². The van der Waals surface area contributed by atoms with Gasteiger partial charge in [0, 0.05) is 17.1 Å². The summed E-state index contributed by atoms with van der Waals surface area (Å²) >= 11 is 5.87. The summed E-state index contributed by atoms with van der Waals surface area (Å²) in [6, 6.07) is 14.1. The van der Waals surface area contributed by atoms with Crippen LogP contribution in [0.1, 0.15) is 24.0 Å².